The first-order valence-corrected chi connectivity index (χ1v) is 4.74. The summed E-state index contributed by atoms with van der Waals surface area (Å²) in [4.78, 5) is 0. The maximum atomic E-state index is 13.0. The van der Waals surface area contributed by atoms with E-state index in [1.165, 1.54) is 0 Å². The Kier molecular flexibility index (Phi) is 3.20. The quantitative estimate of drug-likeness (QED) is 0.482. The maximum absolute atomic E-state index is 13.0. The third-order valence-corrected chi connectivity index (χ3v) is 2.75. The Morgan fingerprint density at radius 1 is 1.07 bits per heavy atom. The normalized spacial score (nSPS) is 11.9. The van der Waals surface area contributed by atoms with Gasteiger partial charge in [-0.25, -0.2) is 8.78 Å². The first kappa shape index (κ1) is 11.9. The Hall–Kier alpha value is -0.170. The van der Waals surface area contributed by atoms with Gasteiger partial charge in [0.05, 0.1) is 8.95 Å². The van der Waals surface area contributed by atoms with Crippen LogP contribution in [0.5, 0.6) is 0 Å². The molecular formula is C7HBr2F5. The van der Waals surface area contributed by atoms with Gasteiger partial charge in [0.15, 0.2) is 5.82 Å². The lowest BCUT2D eigenvalue weighted by molar-refractivity contribution is -0.140. The van der Waals surface area contributed by atoms with Gasteiger partial charge < -0.3 is 0 Å². The van der Waals surface area contributed by atoms with Crippen molar-refractivity contribution in [3.8, 4) is 0 Å². The van der Waals surface area contributed by atoms with Gasteiger partial charge in [-0.15, -0.1) is 0 Å². The van der Waals surface area contributed by atoms with Gasteiger partial charge in [0, 0.05) is 0 Å². The molecule has 14 heavy (non-hydrogen) atoms. The third-order valence-electron chi connectivity index (χ3n) is 1.40. The van der Waals surface area contributed by atoms with Gasteiger partial charge in [-0.2, -0.15) is 13.2 Å². The van der Waals surface area contributed by atoms with Crippen LogP contribution in [0, 0.1) is 11.6 Å². The van der Waals surface area contributed by atoms with Crippen LogP contribution in [0.15, 0.2) is 15.0 Å². The highest BCUT2D eigenvalue weighted by atomic mass is 79.9. The number of hydrogen-bond donors (Lipinski definition) is 0. The zero-order valence-electron chi connectivity index (χ0n) is 6.22. The molecule has 0 spiro atoms. The van der Waals surface area contributed by atoms with E-state index in [1.807, 2.05) is 0 Å². The van der Waals surface area contributed by atoms with E-state index in [0.29, 0.717) is 6.07 Å². The molecule has 0 saturated carbocycles. The number of rotatable bonds is 0. The van der Waals surface area contributed by atoms with Crippen LogP contribution in [0.1, 0.15) is 5.56 Å². The van der Waals surface area contributed by atoms with Crippen LogP contribution in [-0.4, -0.2) is 0 Å². The summed E-state index contributed by atoms with van der Waals surface area (Å²) in [6.07, 6.45) is -4.94. The Morgan fingerprint density at radius 3 is 2.00 bits per heavy atom. The molecule has 7 heteroatoms. The van der Waals surface area contributed by atoms with Crippen molar-refractivity contribution in [1.82, 2.24) is 0 Å². The molecule has 0 aliphatic heterocycles. The van der Waals surface area contributed by atoms with E-state index in [1.54, 1.807) is 0 Å². The van der Waals surface area contributed by atoms with Crippen molar-refractivity contribution in [3.05, 3.63) is 32.2 Å². The zero-order chi connectivity index (χ0) is 11.1. The summed E-state index contributed by atoms with van der Waals surface area (Å²) in [5.74, 6) is -2.71. The Bertz CT molecular complexity index is 345. The van der Waals surface area contributed by atoms with Crippen LogP contribution >= 0.6 is 31.9 Å². The average Bonchev–Trinajstić information content (AvgIpc) is 1.98. The van der Waals surface area contributed by atoms with Crippen molar-refractivity contribution in [2.45, 2.75) is 6.18 Å². The van der Waals surface area contributed by atoms with Gasteiger partial charge in [0.2, 0.25) is 0 Å². The monoisotopic (exact) mass is 338 g/mol. The lowest BCUT2D eigenvalue weighted by Gasteiger charge is -2.11. The standard InChI is InChI=1S/C7HBr2F5/c8-2-1-3(10)5(9)4(6(2)11)7(12,13)14/h1H. The molecule has 0 fully saturated rings. The van der Waals surface area contributed by atoms with Crippen molar-refractivity contribution in [2.75, 3.05) is 0 Å². The fourth-order valence-corrected chi connectivity index (χ4v) is 1.73. The second kappa shape index (κ2) is 3.77. The Morgan fingerprint density at radius 2 is 1.57 bits per heavy atom. The van der Waals surface area contributed by atoms with E-state index in [2.05, 4.69) is 31.9 Å². The second-order valence-electron chi connectivity index (χ2n) is 2.34. The van der Waals surface area contributed by atoms with Crippen molar-refractivity contribution < 1.29 is 22.0 Å². The number of halogens is 7. The lowest BCUT2D eigenvalue weighted by Crippen LogP contribution is -2.11. The van der Waals surface area contributed by atoms with Crippen LogP contribution in [-0.2, 0) is 6.18 Å². The molecule has 0 heterocycles. The predicted molar refractivity (Wildman–Crippen MR) is 46.8 cm³/mol. The summed E-state index contributed by atoms with van der Waals surface area (Å²) in [6.45, 7) is 0. The van der Waals surface area contributed by atoms with E-state index < -0.39 is 32.3 Å². The molecule has 0 radical (unpaired) electrons. The smallest absolute Gasteiger partial charge is 0.206 e. The Balaban J connectivity index is 3.56. The van der Waals surface area contributed by atoms with E-state index in [9.17, 15) is 22.0 Å². The molecule has 0 unspecified atom stereocenters. The molecule has 0 amide bonds. The van der Waals surface area contributed by atoms with Crippen LogP contribution in [0.4, 0.5) is 22.0 Å². The fourth-order valence-electron chi connectivity index (χ4n) is 0.822. The molecule has 1 aromatic carbocycles. The summed E-state index contributed by atoms with van der Waals surface area (Å²) in [5.41, 5.74) is -1.65. The maximum Gasteiger partial charge on any atom is 0.420 e. The van der Waals surface area contributed by atoms with E-state index in [4.69, 9.17) is 0 Å². The van der Waals surface area contributed by atoms with E-state index in [-0.39, 0.29) is 0 Å². The summed E-state index contributed by atoms with van der Waals surface area (Å²) in [6, 6.07) is 0.620. The van der Waals surface area contributed by atoms with Gasteiger partial charge in [-0.1, -0.05) is 0 Å². The number of benzene rings is 1. The number of alkyl halides is 3. The molecule has 0 atom stereocenters. The van der Waals surface area contributed by atoms with Crippen molar-refractivity contribution >= 4 is 31.9 Å². The average molecular weight is 340 g/mol. The van der Waals surface area contributed by atoms with Crippen molar-refractivity contribution in [3.63, 3.8) is 0 Å². The SMILES string of the molecule is Fc1cc(Br)c(F)c(C(F)(F)F)c1Br. The highest BCUT2D eigenvalue weighted by Gasteiger charge is 2.38. The van der Waals surface area contributed by atoms with Gasteiger partial charge >= 0.3 is 6.18 Å². The first-order valence-electron chi connectivity index (χ1n) is 3.15. The van der Waals surface area contributed by atoms with E-state index >= 15 is 0 Å². The predicted octanol–water partition coefficient (Wildman–Crippen LogP) is 4.51. The van der Waals surface area contributed by atoms with Gasteiger partial charge in [0.25, 0.3) is 0 Å². The molecule has 0 bridgehead atoms. The van der Waals surface area contributed by atoms with Crippen molar-refractivity contribution in [2.24, 2.45) is 0 Å². The summed E-state index contributed by atoms with van der Waals surface area (Å²) < 4.78 is 60.9. The van der Waals surface area contributed by atoms with Crippen LogP contribution in [0.25, 0.3) is 0 Å². The highest BCUT2D eigenvalue weighted by molar-refractivity contribution is 9.11. The van der Waals surface area contributed by atoms with Gasteiger partial charge in [0.1, 0.15) is 11.4 Å². The summed E-state index contributed by atoms with van der Waals surface area (Å²) >= 11 is 4.83. The minimum atomic E-state index is -4.94. The molecule has 1 aromatic rings. The lowest BCUT2D eigenvalue weighted by atomic mass is 10.2. The molecule has 1 rings (SSSR count). The zero-order valence-corrected chi connectivity index (χ0v) is 9.40. The number of hydrogen-bond acceptors (Lipinski definition) is 0. The molecular weight excluding hydrogens is 339 g/mol. The van der Waals surface area contributed by atoms with E-state index in [0.717, 1.165) is 0 Å². The third kappa shape index (κ3) is 2.08. The largest absolute Gasteiger partial charge is 0.420 e. The molecule has 78 valence electrons. The summed E-state index contributed by atoms with van der Waals surface area (Å²) in [7, 11) is 0. The second-order valence-corrected chi connectivity index (χ2v) is 3.99. The van der Waals surface area contributed by atoms with Crippen molar-refractivity contribution in [1.29, 1.82) is 0 Å². The minimum Gasteiger partial charge on any atom is -0.206 e. The van der Waals surface area contributed by atoms with Gasteiger partial charge in [-0.05, 0) is 37.9 Å². The van der Waals surface area contributed by atoms with Crippen LogP contribution in [0.3, 0.4) is 0 Å². The topological polar surface area (TPSA) is 0 Å². The fraction of sp³-hybridized carbons (Fsp3) is 0.143. The highest BCUT2D eigenvalue weighted by Crippen LogP contribution is 2.40. The summed E-state index contributed by atoms with van der Waals surface area (Å²) in [5, 5.41) is 0. The van der Waals surface area contributed by atoms with Gasteiger partial charge in [-0.3, -0.25) is 0 Å². The molecule has 0 nitrogen and oxygen atoms in total. The molecule has 0 saturated heterocycles. The van der Waals surface area contributed by atoms with Crippen LogP contribution in [0.2, 0.25) is 0 Å². The molecule has 0 aliphatic rings. The molecule has 0 aliphatic carbocycles. The molecule has 0 N–H and O–H groups in total. The molecule has 0 aromatic heterocycles. The van der Waals surface area contributed by atoms with Crippen LogP contribution < -0.4 is 0 Å². The Labute approximate surface area is 92.4 Å². The minimum absolute atomic E-state index is 0.564. The first-order chi connectivity index (χ1) is 6.25.